The molecule has 1 heterocycles. The van der Waals surface area contributed by atoms with E-state index in [-0.39, 0.29) is 17.2 Å². The number of anilines is 1. The Morgan fingerprint density at radius 2 is 1.79 bits per heavy atom. The quantitative estimate of drug-likeness (QED) is 0.210. The van der Waals surface area contributed by atoms with Crippen molar-refractivity contribution in [1.29, 1.82) is 0 Å². The number of esters is 1. The lowest BCUT2D eigenvalue weighted by Crippen LogP contribution is -2.16. The van der Waals surface area contributed by atoms with Crippen molar-refractivity contribution >= 4 is 46.2 Å². The number of carbonyl (C=O) groups excluding carboxylic acids is 3. The summed E-state index contributed by atoms with van der Waals surface area (Å²) in [6, 6.07) is 17.9. The van der Waals surface area contributed by atoms with Crippen molar-refractivity contribution in [3.8, 4) is 0 Å². The van der Waals surface area contributed by atoms with Crippen LogP contribution in [0, 0.1) is 5.82 Å². The predicted molar refractivity (Wildman–Crippen MR) is 125 cm³/mol. The first-order valence-corrected chi connectivity index (χ1v) is 11.2. The fourth-order valence-corrected chi connectivity index (χ4v) is 4.05. The summed E-state index contributed by atoms with van der Waals surface area (Å²) in [7, 11) is 0. The maximum absolute atomic E-state index is 14.3. The van der Waals surface area contributed by atoms with E-state index in [1.807, 2.05) is 24.3 Å². The Kier molecular flexibility index (Phi) is 7.03. The maximum atomic E-state index is 14.3. The number of aromatic nitrogens is 1. The minimum absolute atomic E-state index is 0.226. The van der Waals surface area contributed by atoms with Crippen LogP contribution in [0.2, 0.25) is 0 Å². The topological polar surface area (TPSA) is 98.5 Å². The number of hydrogen-bond donors (Lipinski definition) is 1. The Hall–Kier alpha value is -3.98. The minimum Gasteiger partial charge on any atom is -0.454 e. The largest absolute Gasteiger partial charge is 0.454 e. The third-order valence-electron chi connectivity index (χ3n) is 4.79. The number of hydrogen-bond acceptors (Lipinski definition) is 7. The summed E-state index contributed by atoms with van der Waals surface area (Å²) in [5.74, 6) is -2.18. The summed E-state index contributed by atoms with van der Waals surface area (Å²) < 4.78 is 25.1. The van der Waals surface area contributed by atoms with Crippen LogP contribution < -0.4 is 5.32 Å². The normalized spacial score (nSPS) is 10.8. The van der Waals surface area contributed by atoms with E-state index in [4.69, 9.17) is 9.15 Å². The molecule has 3 aromatic carbocycles. The highest BCUT2D eigenvalue weighted by molar-refractivity contribution is 7.98. The number of fused-ring (bicyclic) bond motifs is 1. The van der Waals surface area contributed by atoms with Gasteiger partial charge in [0, 0.05) is 18.4 Å². The molecule has 0 aliphatic carbocycles. The van der Waals surface area contributed by atoms with Crippen LogP contribution in [-0.2, 0) is 15.3 Å². The Balaban J connectivity index is 1.39. The van der Waals surface area contributed by atoms with Crippen molar-refractivity contribution in [2.45, 2.75) is 17.9 Å². The first kappa shape index (κ1) is 23.2. The molecule has 34 heavy (non-hydrogen) atoms. The molecule has 4 aromatic rings. The maximum Gasteiger partial charge on any atom is 0.338 e. The number of halogens is 1. The predicted octanol–water partition coefficient (Wildman–Crippen LogP) is 5.26. The molecule has 0 spiro atoms. The third kappa shape index (κ3) is 5.49. The molecular formula is C25H19FN2O5S. The molecule has 0 atom stereocenters. The summed E-state index contributed by atoms with van der Waals surface area (Å²) >= 11 is 1.33. The van der Waals surface area contributed by atoms with Crippen molar-refractivity contribution < 1.29 is 27.9 Å². The Morgan fingerprint density at radius 1 is 1.03 bits per heavy atom. The van der Waals surface area contributed by atoms with Gasteiger partial charge in [0.1, 0.15) is 11.3 Å². The molecule has 172 valence electrons. The number of para-hydroxylation sites is 2. The zero-order chi connectivity index (χ0) is 24.1. The number of benzene rings is 3. The molecule has 1 amide bonds. The average Bonchev–Trinajstić information content (AvgIpc) is 3.24. The van der Waals surface area contributed by atoms with Gasteiger partial charge in [0.15, 0.2) is 12.2 Å². The molecule has 7 nitrogen and oxygen atoms in total. The van der Waals surface area contributed by atoms with E-state index < -0.39 is 24.2 Å². The second kappa shape index (κ2) is 10.3. The van der Waals surface area contributed by atoms with E-state index in [9.17, 15) is 18.8 Å². The van der Waals surface area contributed by atoms with Crippen molar-refractivity contribution in [3.05, 3.63) is 89.2 Å². The first-order chi connectivity index (χ1) is 16.4. The summed E-state index contributed by atoms with van der Waals surface area (Å²) in [4.78, 5) is 40.5. The van der Waals surface area contributed by atoms with E-state index in [1.165, 1.54) is 30.8 Å². The number of rotatable bonds is 8. The van der Waals surface area contributed by atoms with E-state index in [1.54, 1.807) is 24.3 Å². The molecular weight excluding hydrogens is 459 g/mol. The van der Waals surface area contributed by atoms with Crippen molar-refractivity contribution in [1.82, 2.24) is 4.98 Å². The van der Waals surface area contributed by atoms with Crippen molar-refractivity contribution in [2.24, 2.45) is 0 Å². The number of thioether (sulfide) groups is 1. The molecule has 0 aliphatic heterocycles. The highest BCUT2D eigenvalue weighted by Gasteiger charge is 2.18. The average molecular weight is 479 g/mol. The molecule has 0 saturated carbocycles. The lowest BCUT2D eigenvalue weighted by atomic mass is 10.1. The van der Waals surface area contributed by atoms with Gasteiger partial charge in [0.05, 0.1) is 11.1 Å². The number of carbonyl (C=O) groups is 3. The Bertz CT molecular complexity index is 1350. The summed E-state index contributed by atoms with van der Waals surface area (Å²) in [5.41, 5.74) is 2.38. The summed E-state index contributed by atoms with van der Waals surface area (Å²) in [6.07, 6.45) is 0. The third-order valence-corrected chi connectivity index (χ3v) is 5.66. The molecule has 1 N–H and O–H groups in total. The molecule has 0 fully saturated rings. The number of oxazole rings is 1. The van der Waals surface area contributed by atoms with Crippen molar-refractivity contribution in [3.63, 3.8) is 0 Å². The van der Waals surface area contributed by atoms with Gasteiger partial charge < -0.3 is 14.5 Å². The minimum atomic E-state index is -0.817. The zero-order valence-corrected chi connectivity index (χ0v) is 18.9. The molecule has 4 rings (SSSR count). The zero-order valence-electron chi connectivity index (χ0n) is 18.0. The Morgan fingerprint density at radius 3 is 2.56 bits per heavy atom. The smallest absolute Gasteiger partial charge is 0.338 e. The number of ketones is 1. The number of nitrogens with zero attached hydrogens (tertiary/aromatic N) is 1. The second-order valence-corrected chi connectivity index (χ2v) is 8.20. The highest BCUT2D eigenvalue weighted by Crippen LogP contribution is 2.27. The van der Waals surface area contributed by atoms with Gasteiger partial charge in [0.2, 0.25) is 11.7 Å². The first-order valence-electron chi connectivity index (χ1n) is 10.2. The highest BCUT2D eigenvalue weighted by atomic mass is 32.2. The number of amides is 1. The molecule has 9 heteroatoms. The monoisotopic (exact) mass is 478 g/mol. The molecule has 1 aromatic heterocycles. The summed E-state index contributed by atoms with van der Waals surface area (Å²) in [6.45, 7) is 0.668. The second-order valence-electron chi connectivity index (χ2n) is 7.27. The van der Waals surface area contributed by atoms with Crippen LogP contribution in [0.3, 0.4) is 0 Å². The number of nitrogens with one attached hydrogen (secondary N) is 1. The van der Waals surface area contributed by atoms with Crippen LogP contribution in [0.15, 0.2) is 76.4 Å². The van der Waals surface area contributed by atoms with Crippen LogP contribution in [0.4, 0.5) is 10.1 Å². The van der Waals surface area contributed by atoms with E-state index in [2.05, 4.69) is 10.3 Å². The van der Waals surface area contributed by atoms with Gasteiger partial charge >= 0.3 is 5.97 Å². The lowest BCUT2D eigenvalue weighted by molar-refractivity contribution is -0.114. The fraction of sp³-hybridized carbons (Fsp3) is 0.120. The summed E-state index contributed by atoms with van der Waals surface area (Å²) in [5, 5.41) is 2.90. The van der Waals surface area contributed by atoms with Crippen LogP contribution in [0.1, 0.15) is 33.2 Å². The van der Waals surface area contributed by atoms with Crippen LogP contribution in [0.25, 0.3) is 11.1 Å². The molecule has 0 bridgehead atoms. The van der Waals surface area contributed by atoms with Crippen LogP contribution >= 0.6 is 11.8 Å². The van der Waals surface area contributed by atoms with E-state index in [0.29, 0.717) is 27.7 Å². The van der Waals surface area contributed by atoms with Gasteiger partial charge in [-0.05, 0) is 42.0 Å². The number of ether oxygens (including phenoxy) is 1. The van der Waals surface area contributed by atoms with Crippen LogP contribution in [0.5, 0.6) is 0 Å². The number of Topliss-reactive ketones (excluding diaryl/α,β-unsaturated/α-hetero) is 1. The molecule has 0 saturated heterocycles. The SMILES string of the molecule is CC(=O)Nc1ccc(C(=O)COC(=O)c2ccccc2CSc2nc3ccccc3o2)c(F)c1. The lowest BCUT2D eigenvalue weighted by Gasteiger charge is -2.09. The standard InChI is InChI=1S/C25H19FN2O5S/c1-15(29)27-17-10-11-19(20(26)12-17)22(30)13-32-24(31)18-7-3-2-6-16(18)14-34-25-28-21-8-4-5-9-23(21)33-25/h2-12H,13-14H2,1H3,(H,27,29). The fourth-order valence-electron chi connectivity index (χ4n) is 3.21. The van der Waals surface area contributed by atoms with Gasteiger partial charge in [-0.25, -0.2) is 14.2 Å². The van der Waals surface area contributed by atoms with E-state index >= 15 is 0 Å². The van der Waals surface area contributed by atoms with Gasteiger partial charge in [-0.2, -0.15) is 0 Å². The van der Waals surface area contributed by atoms with Crippen molar-refractivity contribution in [2.75, 3.05) is 11.9 Å². The van der Waals surface area contributed by atoms with E-state index in [0.717, 1.165) is 11.6 Å². The van der Waals surface area contributed by atoms with Crippen LogP contribution in [-0.4, -0.2) is 29.3 Å². The van der Waals surface area contributed by atoms with Gasteiger partial charge in [0.25, 0.3) is 5.22 Å². The van der Waals surface area contributed by atoms with Gasteiger partial charge in [-0.1, -0.05) is 42.1 Å². The van der Waals surface area contributed by atoms with Gasteiger partial charge in [-0.15, -0.1) is 0 Å². The molecule has 0 unspecified atom stereocenters. The Labute approximate surface area is 198 Å². The molecule has 0 radical (unpaired) electrons. The molecule has 0 aliphatic rings. The van der Waals surface area contributed by atoms with Gasteiger partial charge in [-0.3, -0.25) is 9.59 Å².